The Bertz CT molecular complexity index is 1050. The summed E-state index contributed by atoms with van der Waals surface area (Å²) in [6.07, 6.45) is 0.439. The van der Waals surface area contributed by atoms with E-state index in [2.05, 4.69) is 5.16 Å². The maximum absolute atomic E-state index is 13.2. The van der Waals surface area contributed by atoms with Crippen molar-refractivity contribution in [1.82, 2.24) is 5.16 Å². The summed E-state index contributed by atoms with van der Waals surface area (Å²) >= 11 is 6.17. The molecule has 0 N–H and O–H groups in total. The minimum absolute atomic E-state index is 0.245. The molecule has 7 heteroatoms. The molecule has 5 nitrogen and oxygen atoms in total. The van der Waals surface area contributed by atoms with Crippen molar-refractivity contribution in [3.8, 4) is 11.1 Å². The highest BCUT2D eigenvalue weighted by atomic mass is 35.5. The summed E-state index contributed by atoms with van der Waals surface area (Å²) in [5, 5.41) is 4.51. The Hall–Kier alpha value is -2.31. The first kappa shape index (κ1) is 16.2. The van der Waals surface area contributed by atoms with Crippen LogP contribution in [0.2, 0.25) is 5.02 Å². The van der Waals surface area contributed by atoms with Crippen LogP contribution in [0.25, 0.3) is 11.1 Å². The van der Waals surface area contributed by atoms with Crippen molar-refractivity contribution in [2.24, 2.45) is 0 Å². The molecular formula is C18H15ClN2O3S. The summed E-state index contributed by atoms with van der Waals surface area (Å²) in [5.41, 5.74) is 2.88. The molecule has 0 radical (unpaired) electrons. The summed E-state index contributed by atoms with van der Waals surface area (Å²) in [6.45, 7) is 2.11. The van der Waals surface area contributed by atoms with Gasteiger partial charge in [0.05, 0.1) is 16.3 Å². The number of sulfonamides is 1. The first-order valence-electron chi connectivity index (χ1n) is 7.81. The van der Waals surface area contributed by atoms with Gasteiger partial charge in [-0.05, 0) is 31.2 Å². The molecule has 0 saturated carbocycles. The third-order valence-corrected chi connectivity index (χ3v) is 6.37. The fraction of sp³-hybridized carbons (Fsp3) is 0.167. The molecule has 0 spiro atoms. The lowest BCUT2D eigenvalue weighted by Crippen LogP contribution is -2.32. The smallest absolute Gasteiger partial charge is 0.264 e. The lowest BCUT2D eigenvalue weighted by atomic mass is 10.0. The van der Waals surface area contributed by atoms with Gasteiger partial charge >= 0.3 is 0 Å². The van der Waals surface area contributed by atoms with E-state index in [9.17, 15) is 8.42 Å². The van der Waals surface area contributed by atoms with Gasteiger partial charge in [-0.1, -0.05) is 41.0 Å². The third kappa shape index (κ3) is 2.62. The van der Waals surface area contributed by atoms with Gasteiger partial charge in [-0.25, -0.2) is 8.42 Å². The number of aryl methyl sites for hydroxylation is 1. The summed E-state index contributed by atoms with van der Waals surface area (Å²) in [4.78, 5) is 0.245. The molecule has 0 amide bonds. The number of benzene rings is 2. The highest BCUT2D eigenvalue weighted by molar-refractivity contribution is 7.92. The number of hydrogen-bond donors (Lipinski definition) is 0. The number of anilines is 1. The normalized spacial score (nSPS) is 13.9. The Morgan fingerprint density at radius 2 is 1.92 bits per heavy atom. The molecular weight excluding hydrogens is 360 g/mol. The van der Waals surface area contributed by atoms with Crippen molar-refractivity contribution < 1.29 is 12.9 Å². The standard InChI is InChI=1S/C18H15ClN2O3S/c1-12-18-15-8-7-13(19)11-16(15)21(10-9-17(18)24-20-12)25(22,23)14-5-3-2-4-6-14/h2-8,11H,9-10H2,1H3. The molecule has 128 valence electrons. The van der Waals surface area contributed by atoms with E-state index in [1.54, 1.807) is 42.5 Å². The van der Waals surface area contributed by atoms with Crippen LogP contribution in [0.5, 0.6) is 0 Å². The van der Waals surface area contributed by atoms with Crippen LogP contribution in [-0.4, -0.2) is 20.1 Å². The van der Waals surface area contributed by atoms with Gasteiger partial charge < -0.3 is 4.52 Å². The molecule has 1 aliphatic heterocycles. The molecule has 3 aromatic rings. The number of nitrogens with zero attached hydrogens (tertiary/aromatic N) is 2. The second kappa shape index (κ2) is 5.89. The topological polar surface area (TPSA) is 63.4 Å². The Kier molecular flexibility index (Phi) is 3.81. The molecule has 1 aliphatic rings. The average Bonchev–Trinajstić information content (AvgIpc) is 2.88. The van der Waals surface area contributed by atoms with Crippen LogP contribution in [0.3, 0.4) is 0 Å². The van der Waals surface area contributed by atoms with E-state index in [1.165, 1.54) is 4.31 Å². The van der Waals surface area contributed by atoms with E-state index < -0.39 is 10.0 Å². The zero-order valence-electron chi connectivity index (χ0n) is 13.4. The van der Waals surface area contributed by atoms with E-state index in [1.807, 2.05) is 13.0 Å². The summed E-state index contributed by atoms with van der Waals surface area (Å²) in [7, 11) is -3.71. The fourth-order valence-corrected chi connectivity index (χ4v) is 4.81. The Morgan fingerprint density at radius 3 is 2.68 bits per heavy atom. The van der Waals surface area contributed by atoms with Crippen LogP contribution >= 0.6 is 11.6 Å². The maximum Gasteiger partial charge on any atom is 0.264 e. The fourth-order valence-electron chi connectivity index (χ4n) is 3.15. The predicted octanol–water partition coefficient (Wildman–Crippen LogP) is 4.05. The third-order valence-electron chi connectivity index (χ3n) is 4.30. The summed E-state index contributed by atoms with van der Waals surface area (Å²) in [5.74, 6) is 0.687. The molecule has 2 heterocycles. The van der Waals surface area contributed by atoms with Gasteiger partial charge in [-0.3, -0.25) is 4.31 Å². The minimum Gasteiger partial charge on any atom is -0.360 e. The summed E-state index contributed by atoms with van der Waals surface area (Å²) < 4.78 is 33.2. The Labute approximate surface area is 150 Å². The lowest BCUT2D eigenvalue weighted by molar-refractivity contribution is 0.381. The molecule has 2 aromatic carbocycles. The second-order valence-electron chi connectivity index (χ2n) is 5.87. The molecule has 0 bridgehead atoms. The molecule has 0 atom stereocenters. The number of halogens is 1. The molecule has 0 fully saturated rings. The van der Waals surface area contributed by atoms with Crippen molar-refractivity contribution >= 4 is 27.3 Å². The van der Waals surface area contributed by atoms with Gasteiger partial charge in [0.2, 0.25) is 0 Å². The van der Waals surface area contributed by atoms with Gasteiger partial charge in [0, 0.05) is 29.1 Å². The second-order valence-corrected chi connectivity index (χ2v) is 8.17. The lowest BCUT2D eigenvalue weighted by Gasteiger charge is -2.24. The number of rotatable bonds is 2. The van der Waals surface area contributed by atoms with Gasteiger partial charge in [-0.15, -0.1) is 0 Å². The molecule has 1 aromatic heterocycles. The predicted molar refractivity (Wildman–Crippen MR) is 96.4 cm³/mol. The van der Waals surface area contributed by atoms with Gasteiger partial charge in [-0.2, -0.15) is 0 Å². The largest absolute Gasteiger partial charge is 0.360 e. The van der Waals surface area contributed by atoms with E-state index >= 15 is 0 Å². The quantitative estimate of drug-likeness (QED) is 0.678. The number of aromatic nitrogens is 1. The van der Waals surface area contributed by atoms with Crippen LogP contribution < -0.4 is 4.31 Å². The van der Waals surface area contributed by atoms with Gasteiger partial charge in [0.25, 0.3) is 10.0 Å². The SMILES string of the molecule is Cc1noc2c1-c1ccc(Cl)cc1N(S(=O)(=O)c1ccccc1)CC2. The van der Waals surface area contributed by atoms with Crippen LogP contribution in [0.15, 0.2) is 57.9 Å². The van der Waals surface area contributed by atoms with Crippen LogP contribution in [0, 0.1) is 6.92 Å². The monoisotopic (exact) mass is 374 g/mol. The van der Waals surface area contributed by atoms with Crippen LogP contribution in [0.1, 0.15) is 11.5 Å². The summed E-state index contributed by atoms with van der Waals surface area (Å²) in [6, 6.07) is 13.6. The molecule has 0 saturated heterocycles. The van der Waals surface area contributed by atoms with E-state index in [0.29, 0.717) is 22.9 Å². The first-order chi connectivity index (χ1) is 12.0. The molecule has 4 rings (SSSR count). The Balaban J connectivity index is 1.95. The molecule has 0 unspecified atom stereocenters. The van der Waals surface area contributed by atoms with Crippen LogP contribution in [-0.2, 0) is 16.4 Å². The minimum atomic E-state index is -3.71. The highest BCUT2D eigenvalue weighted by Gasteiger charge is 2.32. The Morgan fingerprint density at radius 1 is 1.16 bits per heavy atom. The van der Waals surface area contributed by atoms with Crippen molar-refractivity contribution in [3.63, 3.8) is 0 Å². The van der Waals surface area contributed by atoms with E-state index in [0.717, 1.165) is 16.8 Å². The van der Waals surface area contributed by atoms with Crippen molar-refractivity contribution in [2.45, 2.75) is 18.2 Å². The average molecular weight is 375 g/mol. The maximum atomic E-state index is 13.2. The van der Waals surface area contributed by atoms with Crippen molar-refractivity contribution in [1.29, 1.82) is 0 Å². The van der Waals surface area contributed by atoms with Gasteiger partial charge in [0.1, 0.15) is 5.76 Å². The zero-order chi connectivity index (χ0) is 17.6. The number of fused-ring (bicyclic) bond motifs is 3. The van der Waals surface area contributed by atoms with Crippen molar-refractivity contribution in [2.75, 3.05) is 10.8 Å². The van der Waals surface area contributed by atoms with Gasteiger partial charge in [0.15, 0.2) is 0 Å². The molecule has 25 heavy (non-hydrogen) atoms. The number of hydrogen-bond acceptors (Lipinski definition) is 4. The first-order valence-corrected chi connectivity index (χ1v) is 9.63. The van der Waals surface area contributed by atoms with E-state index in [-0.39, 0.29) is 11.4 Å². The highest BCUT2D eigenvalue weighted by Crippen LogP contribution is 2.41. The van der Waals surface area contributed by atoms with Crippen LogP contribution in [0.4, 0.5) is 5.69 Å². The zero-order valence-corrected chi connectivity index (χ0v) is 15.0. The van der Waals surface area contributed by atoms with E-state index in [4.69, 9.17) is 16.1 Å². The van der Waals surface area contributed by atoms with Crippen molar-refractivity contribution in [3.05, 3.63) is 65.0 Å². The molecule has 0 aliphatic carbocycles.